The molecule has 0 unspecified atom stereocenters. The van der Waals surface area contributed by atoms with Gasteiger partial charge in [0.25, 0.3) is 0 Å². The summed E-state index contributed by atoms with van der Waals surface area (Å²) in [7, 11) is -1.95. The average molecular weight is 416 g/mol. The molecule has 0 amide bonds. The zero-order valence-electron chi connectivity index (χ0n) is 16.3. The van der Waals surface area contributed by atoms with Gasteiger partial charge in [0.1, 0.15) is 5.75 Å². The summed E-state index contributed by atoms with van der Waals surface area (Å²) in [5.41, 5.74) is 1.07. The first kappa shape index (κ1) is 21.2. The number of benzene rings is 2. The lowest BCUT2D eigenvalue weighted by Gasteiger charge is -2.10. The first-order chi connectivity index (χ1) is 14.1. The number of sulfonamides is 1. The predicted octanol–water partition coefficient (Wildman–Crippen LogP) is 2.33. The first-order valence-corrected chi connectivity index (χ1v) is 10.8. The van der Waals surface area contributed by atoms with E-state index in [1.807, 2.05) is 30.3 Å². The third-order valence-corrected chi connectivity index (χ3v) is 5.89. The van der Waals surface area contributed by atoms with Crippen LogP contribution in [-0.4, -0.2) is 46.8 Å². The Balaban J connectivity index is 1.36. The molecule has 2 N–H and O–H groups in total. The highest BCUT2D eigenvalue weighted by atomic mass is 32.2. The largest absolute Gasteiger partial charge is 0.497 e. The van der Waals surface area contributed by atoms with Crippen molar-refractivity contribution < 1.29 is 17.9 Å². The van der Waals surface area contributed by atoms with Crippen LogP contribution in [0.3, 0.4) is 0 Å². The van der Waals surface area contributed by atoms with Gasteiger partial charge >= 0.3 is 0 Å². The van der Waals surface area contributed by atoms with Crippen LogP contribution < -0.4 is 14.8 Å². The Hall–Kier alpha value is -2.52. The molecule has 1 aromatic heterocycles. The fraction of sp³-hybridized carbons (Fsp3) is 0.286. The number of methoxy groups -OCH3 is 1. The molecule has 0 aliphatic heterocycles. The number of hydrogen-bond donors (Lipinski definition) is 2. The van der Waals surface area contributed by atoms with Crippen molar-refractivity contribution >= 4 is 20.8 Å². The average Bonchev–Trinajstić information content (AvgIpc) is 2.75. The third kappa shape index (κ3) is 5.98. The van der Waals surface area contributed by atoms with Crippen molar-refractivity contribution in [1.82, 2.24) is 15.0 Å². The maximum Gasteiger partial charge on any atom is 0.241 e. The quantitative estimate of drug-likeness (QED) is 0.467. The van der Waals surface area contributed by atoms with Gasteiger partial charge in [0, 0.05) is 42.8 Å². The van der Waals surface area contributed by atoms with Crippen molar-refractivity contribution in [3.05, 3.63) is 66.5 Å². The van der Waals surface area contributed by atoms with E-state index in [2.05, 4.69) is 15.0 Å². The van der Waals surface area contributed by atoms with Crippen LogP contribution >= 0.6 is 0 Å². The molecule has 3 aromatic rings. The summed E-state index contributed by atoms with van der Waals surface area (Å²) in [4.78, 5) is 4.30. The number of nitrogens with zero attached hydrogens (tertiary/aromatic N) is 1. The molecule has 0 spiro atoms. The van der Waals surface area contributed by atoms with Crippen molar-refractivity contribution in [2.75, 3.05) is 33.4 Å². The van der Waals surface area contributed by atoms with Crippen LogP contribution in [-0.2, 0) is 21.4 Å². The van der Waals surface area contributed by atoms with Crippen molar-refractivity contribution in [2.45, 2.75) is 11.5 Å². The molecule has 0 radical (unpaired) electrons. The number of ether oxygens (including phenoxy) is 2. The Labute approximate surface area is 171 Å². The zero-order valence-corrected chi connectivity index (χ0v) is 17.1. The number of pyridine rings is 1. The van der Waals surface area contributed by atoms with Gasteiger partial charge in [0.15, 0.2) is 0 Å². The van der Waals surface area contributed by atoms with Gasteiger partial charge in [-0.05, 0) is 29.8 Å². The maximum absolute atomic E-state index is 12.6. The van der Waals surface area contributed by atoms with E-state index in [0.717, 1.165) is 16.7 Å². The summed E-state index contributed by atoms with van der Waals surface area (Å²) in [5.74, 6) is 0.818. The van der Waals surface area contributed by atoms with Crippen molar-refractivity contribution in [3.63, 3.8) is 0 Å². The molecule has 0 aliphatic rings. The summed E-state index contributed by atoms with van der Waals surface area (Å²) >= 11 is 0. The molecule has 1 heterocycles. The van der Waals surface area contributed by atoms with Crippen LogP contribution in [0.25, 0.3) is 10.8 Å². The Bertz CT molecular complexity index is 1020. The van der Waals surface area contributed by atoms with Gasteiger partial charge in [0.05, 0.1) is 25.2 Å². The van der Waals surface area contributed by atoms with Crippen molar-refractivity contribution in [2.24, 2.45) is 0 Å². The summed E-state index contributed by atoms with van der Waals surface area (Å²) in [5, 5.41) is 4.63. The van der Waals surface area contributed by atoms with E-state index in [4.69, 9.17) is 9.47 Å². The summed E-state index contributed by atoms with van der Waals surface area (Å²) in [6, 6.07) is 14.6. The molecular weight excluding hydrogens is 390 g/mol. The highest BCUT2D eigenvalue weighted by Crippen LogP contribution is 2.21. The maximum atomic E-state index is 12.6. The Morgan fingerprint density at radius 3 is 2.62 bits per heavy atom. The number of nitrogens with one attached hydrogen (secondary N) is 2. The molecule has 3 rings (SSSR count). The van der Waals surface area contributed by atoms with E-state index in [1.54, 1.807) is 37.7 Å². The lowest BCUT2D eigenvalue weighted by Crippen LogP contribution is -2.33. The van der Waals surface area contributed by atoms with Gasteiger partial charge in [-0.3, -0.25) is 4.98 Å². The van der Waals surface area contributed by atoms with Crippen molar-refractivity contribution in [1.29, 1.82) is 0 Å². The minimum atomic E-state index is -3.59. The fourth-order valence-corrected chi connectivity index (χ4v) is 4.12. The van der Waals surface area contributed by atoms with Gasteiger partial charge < -0.3 is 14.8 Å². The molecule has 0 saturated heterocycles. The van der Waals surface area contributed by atoms with Gasteiger partial charge in [0.2, 0.25) is 10.0 Å². The predicted molar refractivity (Wildman–Crippen MR) is 112 cm³/mol. The number of rotatable bonds is 11. The van der Waals surface area contributed by atoms with E-state index >= 15 is 0 Å². The molecule has 0 fully saturated rings. The topological polar surface area (TPSA) is 89.5 Å². The molecule has 7 nitrogen and oxygen atoms in total. The number of fused-ring (bicyclic) bond motifs is 1. The van der Waals surface area contributed by atoms with E-state index < -0.39 is 10.0 Å². The normalized spacial score (nSPS) is 11.6. The molecule has 8 heteroatoms. The molecule has 2 aromatic carbocycles. The molecule has 0 saturated carbocycles. The van der Waals surface area contributed by atoms with Gasteiger partial charge in [-0.15, -0.1) is 0 Å². The highest BCUT2D eigenvalue weighted by molar-refractivity contribution is 7.89. The molecule has 0 aliphatic carbocycles. The zero-order chi connectivity index (χ0) is 20.5. The first-order valence-electron chi connectivity index (χ1n) is 9.34. The molecule has 0 atom stereocenters. The molecule has 0 bridgehead atoms. The second kappa shape index (κ2) is 10.3. The second-order valence-corrected chi connectivity index (χ2v) is 8.14. The van der Waals surface area contributed by atoms with Crippen molar-refractivity contribution in [3.8, 4) is 5.75 Å². The highest BCUT2D eigenvalue weighted by Gasteiger charge is 2.16. The lowest BCUT2D eigenvalue weighted by molar-refractivity contribution is 0.123. The van der Waals surface area contributed by atoms with Crippen LogP contribution in [0.5, 0.6) is 5.75 Å². The molecule has 154 valence electrons. The van der Waals surface area contributed by atoms with Crippen LogP contribution in [0.4, 0.5) is 0 Å². The second-order valence-electron chi connectivity index (χ2n) is 6.40. The summed E-state index contributed by atoms with van der Waals surface area (Å²) in [6.07, 6.45) is 3.25. The molecule has 29 heavy (non-hydrogen) atoms. The van der Waals surface area contributed by atoms with E-state index in [1.165, 1.54) is 0 Å². The lowest BCUT2D eigenvalue weighted by atomic mass is 10.2. The monoisotopic (exact) mass is 415 g/mol. The smallest absolute Gasteiger partial charge is 0.241 e. The van der Waals surface area contributed by atoms with Crippen LogP contribution in [0.1, 0.15) is 5.56 Å². The van der Waals surface area contributed by atoms with Gasteiger partial charge in [-0.2, -0.15) is 0 Å². The van der Waals surface area contributed by atoms with Gasteiger partial charge in [-0.25, -0.2) is 13.1 Å². The van der Waals surface area contributed by atoms with Crippen LogP contribution in [0.15, 0.2) is 65.8 Å². The third-order valence-electron chi connectivity index (χ3n) is 4.38. The van der Waals surface area contributed by atoms with Gasteiger partial charge in [-0.1, -0.05) is 24.3 Å². The van der Waals surface area contributed by atoms with E-state index in [-0.39, 0.29) is 4.90 Å². The fourth-order valence-electron chi connectivity index (χ4n) is 2.86. The minimum Gasteiger partial charge on any atom is -0.497 e. The SMILES string of the molecule is COc1ccc(COCCNCCNS(=O)(=O)c2cccc3cnccc23)cc1. The van der Waals surface area contributed by atoms with Crippen LogP contribution in [0.2, 0.25) is 0 Å². The summed E-state index contributed by atoms with van der Waals surface area (Å²) in [6.45, 7) is 2.50. The Morgan fingerprint density at radius 1 is 1.00 bits per heavy atom. The van der Waals surface area contributed by atoms with Crippen LogP contribution in [0, 0.1) is 0 Å². The number of aromatic nitrogens is 1. The standard InChI is InChI=1S/C21H25N3O4S/c1-27-19-7-5-17(6-8-19)16-28-14-13-22-11-12-24-29(25,26)21-4-2-3-18-15-23-10-9-20(18)21/h2-10,15,22,24H,11-14,16H2,1H3. The Morgan fingerprint density at radius 2 is 1.83 bits per heavy atom. The van der Waals surface area contributed by atoms with E-state index in [9.17, 15) is 8.42 Å². The van der Waals surface area contributed by atoms with E-state index in [0.29, 0.717) is 38.2 Å². The summed E-state index contributed by atoms with van der Waals surface area (Å²) < 4.78 is 38.5. The minimum absolute atomic E-state index is 0.264. The Kier molecular flexibility index (Phi) is 7.54. The number of hydrogen-bond acceptors (Lipinski definition) is 6. The molecular formula is C21H25N3O4S.